The molecule has 130 valence electrons. The zero-order valence-corrected chi connectivity index (χ0v) is 15.0. The minimum Gasteiger partial charge on any atom is -0.358 e. The van der Waals surface area contributed by atoms with Gasteiger partial charge in [0, 0.05) is 17.5 Å². The lowest BCUT2D eigenvalue weighted by atomic mass is 10.0. The normalized spacial score (nSPS) is 11.6. The minimum atomic E-state index is -3.22. The summed E-state index contributed by atoms with van der Waals surface area (Å²) in [5.41, 5.74) is 4.81. The maximum Gasteiger partial charge on any atom is 0.175 e. The number of hydrogen-bond donors (Lipinski definition) is 1. The zero-order chi connectivity index (χ0) is 18.0. The van der Waals surface area contributed by atoms with Gasteiger partial charge in [-0.2, -0.15) is 0 Å². The number of hydrogen-bond acceptors (Lipinski definition) is 2. The van der Waals surface area contributed by atoms with E-state index in [9.17, 15) is 12.8 Å². The van der Waals surface area contributed by atoms with Gasteiger partial charge >= 0.3 is 0 Å². The number of rotatable bonds is 5. The molecule has 0 bridgehead atoms. The van der Waals surface area contributed by atoms with Crippen molar-refractivity contribution in [3.63, 3.8) is 0 Å². The minimum absolute atomic E-state index is 0.271. The summed E-state index contributed by atoms with van der Waals surface area (Å²) in [5.74, 6) is -0.271. The van der Waals surface area contributed by atoms with Gasteiger partial charge in [0.2, 0.25) is 0 Å². The van der Waals surface area contributed by atoms with Gasteiger partial charge in [0.05, 0.1) is 10.6 Å². The van der Waals surface area contributed by atoms with Crippen molar-refractivity contribution in [1.29, 1.82) is 0 Å². The molecule has 0 atom stereocenters. The van der Waals surface area contributed by atoms with Crippen molar-refractivity contribution in [3.8, 4) is 22.4 Å². The molecule has 0 saturated carbocycles. The SMILES string of the molecule is CCCc1cc(-c2ccc(F)cc2)c(-c2ccc(S(C)(=O)=O)cc2)[nH]1. The van der Waals surface area contributed by atoms with E-state index < -0.39 is 9.84 Å². The third kappa shape index (κ3) is 3.82. The lowest BCUT2D eigenvalue weighted by Crippen LogP contribution is -1.96. The molecule has 1 N–H and O–H groups in total. The van der Waals surface area contributed by atoms with E-state index in [1.807, 2.05) is 0 Å². The second-order valence-corrected chi connectivity index (χ2v) is 8.15. The van der Waals surface area contributed by atoms with Crippen LogP contribution >= 0.6 is 0 Å². The molecule has 5 heteroatoms. The van der Waals surface area contributed by atoms with Crippen LogP contribution in [0.5, 0.6) is 0 Å². The van der Waals surface area contributed by atoms with Crippen LogP contribution in [0, 0.1) is 5.82 Å². The number of H-pyrrole nitrogens is 1. The molecular weight excluding hydrogens is 337 g/mol. The van der Waals surface area contributed by atoms with Gasteiger partial charge < -0.3 is 4.98 Å². The number of sulfone groups is 1. The van der Waals surface area contributed by atoms with Crippen molar-refractivity contribution in [2.24, 2.45) is 0 Å². The molecular formula is C20H20FNO2S. The predicted octanol–water partition coefficient (Wildman–Crippen LogP) is 4.84. The Balaban J connectivity index is 2.09. The maximum absolute atomic E-state index is 13.2. The molecule has 0 unspecified atom stereocenters. The van der Waals surface area contributed by atoms with Gasteiger partial charge in [0.1, 0.15) is 5.82 Å². The van der Waals surface area contributed by atoms with Gasteiger partial charge in [0.15, 0.2) is 9.84 Å². The molecule has 0 saturated heterocycles. The van der Waals surface area contributed by atoms with Crippen molar-refractivity contribution in [2.45, 2.75) is 24.7 Å². The Hall–Kier alpha value is -2.40. The first kappa shape index (κ1) is 17.4. The van der Waals surface area contributed by atoms with Gasteiger partial charge in [-0.15, -0.1) is 0 Å². The summed E-state index contributed by atoms with van der Waals surface area (Å²) in [6.07, 6.45) is 3.12. The van der Waals surface area contributed by atoms with E-state index in [1.54, 1.807) is 36.4 Å². The molecule has 2 aromatic carbocycles. The smallest absolute Gasteiger partial charge is 0.175 e. The van der Waals surface area contributed by atoms with Crippen molar-refractivity contribution >= 4 is 9.84 Å². The maximum atomic E-state index is 13.2. The lowest BCUT2D eigenvalue weighted by Gasteiger charge is -2.06. The Labute approximate surface area is 147 Å². The average molecular weight is 357 g/mol. The zero-order valence-electron chi connectivity index (χ0n) is 14.2. The molecule has 25 heavy (non-hydrogen) atoms. The second-order valence-electron chi connectivity index (χ2n) is 6.14. The lowest BCUT2D eigenvalue weighted by molar-refractivity contribution is 0.602. The molecule has 3 nitrogen and oxygen atoms in total. The topological polar surface area (TPSA) is 49.9 Å². The van der Waals surface area contributed by atoms with E-state index in [2.05, 4.69) is 18.0 Å². The van der Waals surface area contributed by atoms with Crippen molar-refractivity contribution < 1.29 is 12.8 Å². The molecule has 3 aromatic rings. The van der Waals surface area contributed by atoms with Crippen LogP contribution in [0.4, 0.5) is 4.39 Å². The highest BCUT2D eigenvalue weighted by atomic mass is 32.2. The highest BCUT2D eigenvalue weighted by Crippen LogP contribution is 2.33. The van der Waals surface area contributed by atoms with E-state index in [0.29, 0.717) is 4.90 Å². The Morgan fingerprint density at radius 1 is 0.960 bits per heavy atom. The summed E-state index contributed by atoms with van der Waals surface area (Å²) in [5, 5.41) is 0. The molecule has 0 radical (unpaired) electrons. The van der Waals surface area contributed by atoms with E-state index in [0.717, 1.165) is 40.9 Å². The van der Waals surface area contributed by atoms with Crippen molar-refractivity contribution in [1.82, 2.24) is 4.98 Å². The van der Waals surface area contributed by atoms with Crippen LogP contribution in [0.2, 0.25) is 0 Å². The first-order valence-electron chi connectivity index (χ1n) is 8.17. The first-order chi connectivity index (χ1) is 11.9. The summed E-state index contributed by atoms with van der Waals surface area (Å²) in [6, 6.07) is 15.3. The van der Waals surface area contributed by atoms with E-state index in [1.165, 1.54) is 18.4 Å². The average Bonchev–Trinajstić information content (AvgIpc) is 2.99. The van der Waals surface area contributed by atoms with E-state index >= 15 is 0 Å². The largest absolute Gasteiger partial charge is 0.358 e. The fourth-order valence-electron chi connectivity index (χ4n) is 2.87. The molecule has 3 rings (SSSR count). The molecule has 1 heterocycles. The number of nitrogens with one attached hydrogen (secondary N) is 1. The summed E-state index contributed by atoms with van der Waals surface area (Å²) in [7, 11) is -3.22. The van der Waals surface area contributed by atoms with Crippen molar-refractivity contribution in [3.05, 3.63) is 66.1 Å². The van der Waals surface area contributed by atoms with Crippen LogP contribution in [-0.4, -0.2) is 19.7 Å². The van der Waals surface area contributed by atoms with Gasteiger partial charge in [-0.25, -0.2) is 12.8 Å². The van der Waals surface area contributed by atoms with Gasteiger partial charge in [0.25, 0.3) is 0 Å². The van der Waals surface area contributed by atoms with Crippen LogP contribution in [0.1, 0.15) is 19.0 Å². The number of aromatic amines is 1. The standard InChI is InChI=1S/C20H20FNO2S/c1-3-4-17-13-19(14-5-9-16(21)10-6-14)20(22-17)15-7-11-18(12-8-15)25(2,23)24/h5-13,22H,3-4H2,1-2H3. The molecule has 0 aliphatic rings. The molecule has 0 fully saturated rings. The Morgan fingerprint density at radius 3 is 2.12 bits per heavy atom. The van der Waals surface area contributed by atoms with E-state index in [4.69, 9.17) is 0 Å². The van der Waals surface area contributed by atoms with Gasteiger partial charge in [-0.05, 0) is 47.9 Å². The Bertz CT molecular complexity index is 972. The summed E-state index contributed by atoms with van der Waals surface area (Å²) >= 11 is 0. The van der Waals surface area contributed by atoms with Crippen LogP contribution < -0.4 is 0 Å². The number of aryl methyl sites for hydroxylation is 1. The van der Waals surface area contributed by atoms with Crippen LogP contribution in [0.15, 0.2) is 59.5 Å². The molecule has 1 aromatic heterocycles. The third-order valence-electron chi connectivity index (χ3n) is 4.12. The van der Waals surface area contributed by atoms with Crippen LogP contribution in [0.25, 0.3) is 22.4 Å². The third-order valence-corrected chi connectivity index (χ3v) is 5.25. The van der Waals surface area contributed by atoms with Gasteiger partial charge in [-0.1, -0.05) is 37.6 Å². The highest BCUT2D eigenvalue weighted by Gasteiger charge is 2.13. The summed E-state index contributed by atoms with van der Waals surface area (Å²) in [4.78, 5) is 3.72. The Morgan fingerprint density at radius 2 is 1.56 bits per heavy atom. The fraction of sp³-hybridized carbons (Fsp3) is 0.200. The quantitative estimate of drug-likeness (QED) is 0.710. The number of halogens is 1. The highest BCUT2D eigenvalue weighted by molar-refractivity contribution is 7.90. The summed E-state index contributed by atoms with van der Waals surface area (Å²) in [6.45, 7) is 2.11. The second kappa shape index (κ2) is 6.84. The predicted molar refractivity (Wildman–Crippen MR) is 98.7 cm³/mol. The fourth-order valence-corrected chi connectivity index (χ4v) is 3.50. The van der Waals surface area contributed by atoms with Crippen LogP contribution in [0.3, 0.4) is 0 Å². The number of benzene rings is 2. The molecule has 0 aliphatic carbocycles. The molecule has 0 aliphatic heterocycles. The first-order valence-corrected chi connectivity index (χ1v) is 10.1. The van der Waals surface area contributed by atoms with Crippen LogP contribution in [-0.2, 0) is 16.3 Å². The van der Waals surface area contributed by atoms with Gasteiger partial charge in [-0.3, -0.25) is 0 Å². The van der Waals surface area contributed by atoms with Crippen molar-refractivity contribution in [2.75, 3.05) is 6.26 Å². The summed E-state index contributed by atoms with van der Waals surface area (Å²) < 4.78 is 36.5. The Kier molecular flexibility index (Phi) is 4.77. The van der Waals surface area contributed by atoms with E-state index in [-0.39, 0.29) is 5.82 Å². The molecule has 0 spiro atoms. The number of aromatic nitrogens is 1. The molecule has 0 amide bonds. The monoisotopic (exact) mass is 357 g/mol.